The fourth-order valence-electron chi connectivity index (χ4n) is 6.53. The first-order chi connectivity index (χ1) is 25.0. The number of fused-ring (bicyclic) bond motifs is 2. The molecule has 0 amide bonds. The van der Waals surface area contributed by atoms with Crippen LogP contribution in [0.4, 0.5) is 0 Å². The van der Waals surface area contributed by atoms with E-state index >= 15 is 0 Å². The largest absolute Gasteiger partial charge is 0.496 e. The topological polar surface area (TPSA) is 26.3 Å². The fraction of sp³-hybridized carbons (Fsp3) is 0.208. The summed E-state index contributed by atoms with van der Waals surface area (Å²) in [5, 5.41) is 5.06. The molecule has 2 aromatic heterocycles. The van der Waals surface area contributed by atoms with Gasteiger partial charge in [-0.25, -0.2) is 0 Å². The molecule has 54 heavy (non-hydrogen) atoms. The molecular weight excluding hydrogens is 886 g/mol. The van der Waals surface area contributed by atoms with E-state index in [0.29, 0.717) is 11.8 Å². The molecule has 276 valence electrons. The van der Waals surface area contributed by atoms with Crippen LogP contribution in [0.5, 0.6) is 0 Å². The van der Waals surface area contributed by atoms with Crippen LogP contribution >= 0.6 is 24.8 Å². The molecule has 0 saturated heterocycles. The Labute approximate surface area is 348 Å². The van der Waals surface area contributed by atoms with Crippen LogP contribution in [-0.2, 0) is 23.0 Å². The van der Waals surface area contributed by atoms with Gasteiger partial charge in [-0.05, 0) is 72.2 Å². The molecule has 0 aliphatic carbocycles. The van der Waals surface area contributed by atoms with E-state index in [1.54, 1.807) is 0 Å². The maximum Gasteiger partial charge on any atom is 0.0896 e. The molecule has 0 N–H and O–H groups in total. The Kier molecular flexibility index (Phi) is 15.4. The number of halogens is 2. The number of benzene rings is 4. The molecule has 6 heteroatoms. The van der Waals surface area contributed by atoms with Gasteiger partial charge in [0.25, 0.3) is 0 Å². The molecule has 0 bridgehead atoms. The van der Waals surface area contributed by atoms with Crippen molar-refractivity contribution in [2.75, 3.05) is 0 Å². The van der Waals surface area contributed by atoms with Crippen LogP contribution < -0.4 is 0 Å². The molecule has 0 atom stereocenters. The van der Waals surface area contributed by atoms with Gasteiger partial charge in [0.1, 0.15) is 0 Å². The molecule has 6 aromatic carbocycles. The van der Waals surface area contributed by atoms with Crippen LogP contribution in [0, 0.1) is 13.8 Å². The third-order valence-electron chi connectivity index (χ3n) is 9.33. The van der Waals surface area contributed by atoms with E-state index in [4.69, 9.17) is 8.83 Å². The molecule has 0 aliphatic rings. The molecule has 0 spiro atoms. The second-order valence-corrected chi connectivity index (χ2v) is 27.3. The molecule has 2 heterocycles. The van der Waals surface area contributed by atoms with Gasteiger partial charge in [-0.2, -0.15) is 0 Å². The van der Waals surface area contributed by atoms with Gasteiger partial charge in [0.15, 0.2) is 0 Å². The van der Waals surface area contributed by atoms with E-state index in [1.807, 2.05) is 38.1 Å². The van der Waals surface area contributed by atoms with E-state index in [1.165, 1.54) is 77.9 Å². The molecule has 0 radical (unpaired) electrons. The molecular formula is C48H50Cl2HfO2Si. The van der Waals surface area contributed by atoms with Gasteiger partial charge in [-0.3, -0.25) is 0 Å². The van der Waals surface area contributed by atoms with Gasteiger partial charge in [-0.15, -0.1) is 82.8 Å². The normalized spacial score (nSPS) is 10.7. The van der Waals surface area contributed by atoms with Crippen molar-refractivity contribution in [2.45, 2.75) is 66.5 Å². The van der Waals surface area contributed by atoms with E-state index in [-0.39, 0.29) is 30.3 Å². The number of furan rings is 2. The first-order valence-electron chi connectivity index (χ1n) is 18.2. The van der Waals surface area contributed by atoms with Gasteiger partial charge >= 0.3 is 41.6 Å². The fourth-order valence-corrected chi connectivity index (χ4v) is 6.53. The van der Waals surface area contributed by atoms with Crippen LogP contribution in [0.1, 0.15) is 62.2 Å². The van der Waals surface area contributed by atoms with Crippen LogP contribution in [0.15, 0.2) is 142 Å². The van der Waals surface area contributed by atoms with E-state index in [2.05, 4.69) is 150 Å². The van der Waals surface area contributed by atoms with Crippen molar-refractivity contribution in [1.82, 2.24) is 0 Å². The summed E-state index contributed by atoms with van der Waals surface area (Å²) < 4.78 is 11.6. The molecule has 0 aliphatic heterocycles. The van der Waals surface area contributed by atoms with Gasteiger partial charge < -0.3 is 8.83 Å². The standard InChI is InChI=1S/2C23H21O.C2H6Si.2ClH.Hf/c2*1-15(2)17-8-10-18(11-9-17)21-6-4-5-19-13-20(14-22(19)21)23-12-7-16(3)24-23;1-3-2;;;/h2*4-15H,1-3H3;1-2H3;2*1H;/q2*-1;;;;+2. The third kappa shape index (κ3) is 10.3. The van der Waals surface area contributed by atoms with Crippen molar-refractivity contribution in [3.63, 3.8) is 0 Å². The van der Waals surface area contributed by atoms with Crippen LogP contribution in [0.3, 0.4) is 0 Å². The van der Waals surface area contributed by atoms with E-state index in [9.17, 15) is 0 Å². The van der Waals surface area contributed by atoms with Crippen molar-refractivity contribution in [3.05, 3.63) is 156 Å². The van der Waals surface area contributed by atoms with Crippen molar-refractivity contribution < 1.29 is 31.8 Å². The summed E-state index contributed by atoms with van der Waals surface area (Å²) in [6.45, 7) is 17.5. The minimum Gasteiger partial charge on any atom is -0.496 e. The zero-order chi connectivity index (χ0) is 36.9. The number of hydrogen-bond donors (Lipinski definition) is 0. The SMILES string of the molecule is C[Si](C)=[Hf+2].Cc1ccc(-c2cc3c(-c4ccc(C(C)C)cc4)cccc3[cH-]2)o1.Cc1ccc(-c2cc3c(-c4ccc(C(C)C)cc4)cccc3[cH-]2)o1.Cl.Cl. The van der Waals surface area contributed by atoms with E-state index < -0.39 is 0 Å². The molecule has 0 unspecified atom stereocenters. The van der Waals surface area contributed by atoms with Crippen LogP contribution in [0.25, 0.3) is 66.4 Å². The summed E-state index contributed by atoms with van der Waals surface area (Å²) in [6.07, 6.45) is 0. The van der Waals surface area contributed by atoms with Crippen molar-refractivity contribution in [3.8, 4) is 44.9 Å². The first-order valence-corrected chi connectivity index (χ1v) is 26.1. The number of rotatable bonds is 6. The van der Waals surface area contributed by atoms with Crippen molar-refractivity contribution in [1.29, 1.82) is 0 Å². The maximum atomic E-state index is 5.79. The predicted molar refractivity (Wildman–Crippen MR) is 235 cm³/mol. The second kappa shape index (κ2) is 19.3. The minimum absolute atomic E-state index is 0. The average Bonchev–Trinajstić information content (AvgIpc) is 3.94. The Bertz CT molecular complexity index is 2250. The Morgan fingerprint density at radius 2 is 0.870 bits per heavy atom. The Morgan fingerprint density at radius 1 is 0.519 bits per heavy atom. The zero-order valence-electron chi connectivity index (χ0n) is 32.5. The molecule has 2 nitrogen and oxygen atoms in total. The van der Waals surface area contributed by atoms with Crippen LogP contribution in [0.2, 0.25) is 13.1 Å². The summed E-state index contributed by atoms with van der Waals surface area (Å²) in [4.78, 5) is 0. The molecule has 0 fully saturated rings. The zero-order valence-corrected chi connectivity index (χ0v) is 38.7. The second-order valence-electron chi connectivity index (χ2n) is 14.5. The minimum atomic E-state index is 0. The van der Waals surface area contributed by atoms with Crippen LogP contribution in [-0.4, -0.2) is 5.49 Å². The first kappa shape index (κ1) is 43.1. The Morgan fingerprint density at radius 3 is 1.17 bits per heavy atom. The average molecular weight is 936 g/mol. The smallest absolute Gasteiger partial charge is 0.0896 e. The summed E-state index contributed by atoms with van der Waals surface area (Å²) in [6, 6.07) is 47.8. The molecule has 0 saturated carbocycles. The quantitative estimate of drug-likeness (QED) is 0.123. The number of hydrogen-bond acceptors (Lipinski definition) is 2. The van der Waals surface area contributed by atoms with Gasteiger partial charge in [0.2, 0.25) is 0 Å². The van der Waals surface area contributed by atoms with Gasteiger partial charge in [0, 0.05) is 0 Å². The predicted octanol–water partition coefficient (Wildman–Crippen LogP) is 15.5. The Hall–Kier alpha value is -3.67. The monoisotopic (exact) mass is 936 g/mol. The van der Waals surface area contributed by atoms with Gasteiger partial charge in [0.05, 0.1) is 23.0 Å². The molecule has 8 rings (SSSR count). The summed E-state index contributed by atoms with van der Waals surface area (Å²) in [5.74, 6) is 4.87. The van der Waals surface area contributed by atoms with Gasteiger partial charge in [-0.1, -0.05) is 123 Å². The van der Waals surface area contributed by atoms with Crippen molar-refractivity contribution in [2.24, 2.45) is 0 Å². The maximum absolute atomic E-state index is 5.79. The Balaban J connectivity index is 0.000000212. The van der Waals surface area contributed by atoms with E-state index in [0.717, 1.165) is 34.2 Å². The summed E-state index contributed by atoms with van der Waals surface area (Å²) in [7, 11) is 0. The molecule has 8 aromatic rings. The van der Waals surface area contributed by atoms with Crippen molar-refractivity contribution >= 4 is 51.9 Å². The number of aryl methyl sites for hydroxylation is 2. The summed E-state index contributed by atoms with van der Waals surface area (Å²) in [5.41, 5.74) is 10.4. The third-order valence-corrected chi connectivity index (χ3v) is 9.33. The summed E-state index contributed by atoms with van der Waals surface area (Å²) >= 11 is 1.45.